The van der Waals surface area contributed by atoms with Gasteiger partial charge in [-0.3, -0.25) is 14.5 Å². The molecule has 5 atom stereocenters. The van der Waals surface area contributed by atoms with Gasteiger partial charge in [0.05, 0.1) is 24.5 Å². The lowest BCUT2D eigenvalue weighted by atomic mass is 9.76. The van der Waals surface area contributed by atoms with Gasteiger partial charge in [-0.25, -0.2) is 0 Å². The molecule has 156 valence electrons. The number of benzene rings is 1. The number of carbonyl (C=O) groups is 2. The van der Waals surface area contributed by atoms with E-state index in [2.05, 4.69) is 22.6 Å². The minimum Gasteiger partial charge on any atom is -0.360 e. The Balaban J connectivity index is 1.28. The fraction of sp³-hybridized carbons (Fsp3) is 0.435. The summed E-state index contributed by atoms with van der Waals surface area (Å²) in [6.45, 7) is 4.13. The Morgan fingerprint density at radius 3 is 2.90 bits per heavy atom. The summed E-state index contributed by atoms with van der Waals surface area (Å²) >= 11 is 0. The van der Waals surface area contributed by atoms with Crippen LogP contribution in [-0.4, -0.2) is 41.3 Å². The van der Waals surface area contributed by atoms with Gasteiger partial charge in [-0.2, -0.15) is 0 Å². The molecule has 1 spiro atoms. The third-order valence-corrected chi connectivity index (χ3v) is 6.39. The molecule has 0 radical (unpaired) electrons. The topological polar surface area (TPSA) is 84.7 Å². The van der Waals surface area contributed by atoms with Crippen molar-refractivity contribution in [2.75, 3.05) is 11.4 Å². The second-order valence-electron chi connectivity index (χ2n) is 8.55. The average Bonchev–Trinajstić information content (AvgIpc) is 3.48. The molecule has 2 fully saturated rings. The quantitative estimate of drug-likeness (QED) is 0.744. The van der Waals surface area contributed by atoms with E-state index in [9.17, 15) is 9.59 Å². The van der Waals surface area contributed by atoms with Gasteiger partial charge in [0.1, 0.15) is 11.4 Å². The van der Waals surface area contributed by atoms with Crippen LogP contribution in [0.1, 0.15) is 24.7 Å². The molecule has 30 heavy (non-hydrogen) atoms. The van der Waals surface area contributed by atoms with Crippen molar-refractivity contribution in [3.8, 4) is 0 Å². The summed E-state index contributed by atoms with van der Waals surface area (Å²) in [7, 11) is 0. The molecule has 2 amide bonds. The average molecular weight is 407 g/mol. The summed E-state index contributed by atoms with van der Waals surface area (Å²) in [4.78, 5) is 28.0. The number of amides is 2. The first kappa shape index (κ1) is 19.1. The van der Waals surface area contributed by atoms with Crippen LogP contribution in [-0.2, 0) is 20.7 Å². The maximum atomic E-state index is 13.2. The number of ether oxygens (including phenoxy) is 1. The minimum atomic E-state index is -0.760. The molecule has 4 heterocycles. The lowest BCUT2D eigenvalue weighted by Gasteiger charge is -2.25. The Bertz CT molecular complexity index is 1000. The fourth-order valence-corrected chi connectivity index (χ4v) is 4.91. The Kier molecular flexibility index (Phi) is 4.50. The molecular formula is C23H25N3O4. The van der Waals surface area contributed by atoms with Crippen LogP contribution < -0.4 is 10.2 Å². The lowest BCUT2D eigenvalue weighted by Crippen LogP contribution is -2.46. The van der Waals surface area contributed by atoms with E-state index >= 15 is 0 Å². The molecule has 0 unspecified atom stereocenters. The molecule has 2 saturated heterocycles. The van der Waals surface area contributed by atoms with E-state index < -0.39 is 17.4 Å². The van der Waals surface area contributed by atoms with E-state index in [0.29, 0.717) is 18.1 Å². The smallest absolute Gasteiger partial charge is 0.235 e. The van der Waals surface area contributed by atoms with Gasteiger partial charge in [-0.15, -0.1) is 0 Å². The van der Waals surface area contributed by atoms with Crippen LogP contribution >= 0.6 is 0 Å². The zero-order valence-electron chi connectivity index (χ0n) is 17.1. The van der Waals surface area contributed by atoms with Gasteiger partial charge in [0.2, 0.25) is 11.8 Å². The highest BCUT2D eigenvalue weighted by Gasteiger charge is 2.67. The fourth-order valence-electron chi connectivity index (χ4n) is 4.91. The summed E-state index contributed by atoms with van der Waals surface area (Å²) in [5.74, 6) is -0.215. The normalized spacial score (nSPS) is 30.0. The number of aromatic nitrogens is 1. The lowest BCUT2D eigenvalue weighted by molar-refractivity contribution is -0.132. The summed E-state index contributed by atoms with van der Waals surface area (Å²) in [6, 6.07) is 11.9. The SMILES string of the molecule is Cc1cc(N2C[C@]34C=C[C@@H](O3)[C@@H](C(=O)N[C@@H](C)CCc3ccccc3)[C@@H]4C2=O)no1. The second-order valence-corrected chi connectivity index (χ2v) is 8.55. The number of nitrogens with one attached hydrogen (secondary N) is 1. The van der Waals surface area contributed by atoms with Gasteiger partial charge in [0.15, 0.2) is 5.82 Å². The van der Waals surface area contributed by atoms with E-state index in [1.165, 1.54) is 5.56 Å². The van der Waals surface area contributed by atoms with Crippen molar-refractivity contribution in [3.05, 3.63) is 59.9 Å². The van der Waals surface area contributed by atoms with Gasteiger partial charge >= 0.3 is 0 Å². The predicted molar refractivity (Wildman–Crippen MR) is 110 cm³/mol. The number of carbonyl (C=O) groups excluding carboxylic acids is 2. The maximum absolute atomic E-state index is 13.2. The van der Waals surface area contributed by atoms with E-state index in [0.717, 1.165) is 12.8 Å². The summed E-state index contributed by atoms with van der Waals surface area (Å²) in [6.07, 6.45) is 5.22. The van der Waals surface area contributed by atoms with Crippen molar-refractivity contribution >= 4 is 17.6 Å². The van der Waals surface area contributed by atoms with Gasteiger partial charge in [-0.05, 0) is 32.3 Å². The third-order valence-electron chi connectivity index (χ3n) is 6.39. The summed E-state index contributed by atoms with van der Waals surface area (Å²) in [5.41, 5.74) is 0.484. The monoisotopic (exact) mass is 407 g/mol. The molecule has 1 aromatic carbocycles. The van der Waals surface area contributed by atoms with Crippen molar-refractivity contribution in [2.24, 2.45) is 11.8 Å². The highest BCUT2D eigenvalue weighted by atomic mass is 16.5. The van der Waals surface area contributed by atoms with Crippen LogP contribution in [0, 0.1) is 18.8 Å². The largest absolute Gasteiger partial charge is 0.360 e. The molecule has 5 rings (SSSR count). The zero-order valence-corrected chi connectivity index (χ0v) is 17.1. The van der Waals surface area contributed by atoms with Crippen molar-refractivity contribution in [3.63, 3.8) is 0 Å². The van der Waals surface area contributed by atoms with E-state index in [1.54, 1.807) is 17.9 Å². The van der Waals surface area contributed by atoms with Crippen LogP contribution in [0.5, 0.6) is 0 Å². The number of hydrogen-bond donors (Lipinski definition) is 1. The van der Waals surface area contributed by atoms with Gasteiger partial charge in [0.25, 0.3) is 0 Å². The van der Waals surface area contributed by atoms with Gasteiger partial charge in [-0.1, -0.05) is 47.6 Å². The first-order chi connectivity index (χ1) is 14.5. The Morgan fingerprint density at radius 1 is 1.37 bits per heavy atom. The van der Waals surface area contributed by atoms with E-state index in [-0.39, 0.29) is 24.0 Å². The Hall–Kier alpha value is -2.93. The predicted octanol–water partition coefficient (Wildman–Crippen LogP) is 2.41. The first-order valence-electron chi connectivity index (χ1n) is 10.4. The first-order valence-corrected chi connectivity index (χ1v) is 10.4. The van der Waals surface area contributed by atoms with E-state index in [4.69, 9.17) is 9.26 Å². The van der Waals surface area contributed by atoms with Crippen LogP contribution in [0.4, 0.5) is 5.82 Å². The number of fused-ring (bicyclic) bond motifs is 1. The highest BCUT2D eigenvalue weighted by molar-refractivity contribution is 6.02. The summed E-state index contributed by atoms with van der Waals surface area (Å²) < 4.78 is 11.3. The maximum Gasteiger partial charge on any atom is 0.235 e. The molecule has 3 aliphatic rings. The molecule has 2 aromatic rings. The minimum absolute atomic E-state index is 0.00237. The summed E-state index contributed by atoms with van der Waals surface area (Å²) in [5, 5.41) is 7.08. The number of rotatable bonds is 6. The van der Waals surface area contributed by atoms with Crippen LogP contribution in [0.3, 0.4) is 0 Å². The van der Waals surface area contributed by atoms with Crippen LogP contribution in [0.25, 0.3) is 0 Å². The van der Waals surface area contributed by atoms with Crippen molar-refractivity contribution in [2.45, 2.75) is 44.4 Å². The van der Waals surface area contributed by atoms with Crippen molar-refractivity contribution in [1.82, 2.24) is 10.5 Å². The van der Waals surface area contributed by atoms with E-state index in [1.807, 2.05) is 37.3 Å². The Morgan fingerprint density at radius 2 is 2.17 bits per heavy atom. The number of nitrogens with zero attached hydrogens (tertiary/aromatic N) is 2. The second kappa shape index (κ2) is 7.09. The van der Waals surface area contributed by atoms with Gasteiger partial charge < -0.3 is 14.6 Å². The number of aryl methyl sites for hydroxylation is 2. The van der Waals surface area contributed by atoms with Crippen LogP contribution in [0.15, 0.2) is 53.1 Å². The standard InChI is InChI=1S/C23H25N3O4/c1-14(8-9-16-6-4-3-5-7-16)24-21(27)19-17-10-11-23(29-17)13-26(22(28)20(19)23)18-12-15(2)30-25-18/h3-7,10-12,14,17,19-20H,8-9,13H2,1-2H3,(H,24,27)/t14-,17+,19+,20+,23-/m0/s1. The Labute approximate surface area is 175 Å². The third kappa shape index (κ3) is 3.04. The molecule has 1 N–H and O–H groups in total. The molecule has 2 bridgehead atoms. The van der Waals surface area contributed by atoms with Crippen molar-refractivity contribution in [1.29, 1.82) is 0 Å². The molecule has 0 saturated carbocycles. The van der Waals surface area contributed by atoms with Crippen LogP contribution in [0.2, 0.25) is 0 Å². The van der Waals surface area contributed by atoms with Gasteiger partial charge in [0, 0.05) is 12.1 Å². The highest BCUT2D eigenvalue weighted by Crippen LogP contribution is 2.52. The molecule has 7 nitrogen and oxygen atoms in total. The molecular weight excluding hydrogens is 382 g/mol. The molecule has 1 aromatic heterocycles. The molecule has 3 aliphatic heterocycles. The molecule has 0 aliphatic carbocycles. The number of anilines is 1. The van der Waals surface area contributed by atoms with Crippen molar-refractivity contribution < 1.29 is 18.8 Å². The zero-order chi connectivity index (χ0) is 20.9. The number of hydrogen-bond acceptors (Lipinski definition) is 5. The molecule has 7 heteroatoms.